The molecule has 106 valence electrons. The van der Waals surface area contributed by atoms with Crippen LogP contribution >= 0.6 is 11.3 Å². The van der Waals surface area contributed by atoms with Crippen LogP contribution in [-0.4, -0.2) is 18.1 Å². The molecule has 1 heterocycles. The first kappa shape index (κ1) is 14.7. The van der Waals surface area contributed by atoms with Crippen LogP contribution < -0.4 is 0 Å². The summed E-state index contributed by atoms with van der Waals surface area (Å²) in [6, 6.07) is 8.12. The molecule has 3 nitrogen and oxygen atoms in total. The number of benzene rings is 1. The van der Waals surface area contributed by atoms with Crippen LogP contribution in [0.4, 0.5) is 0 Å². The molecule has 0 aliphatic rings. The second-order valence-corrected chi connectivity index (χ2v) is 6.62. The molecule has 1 aromatic carbocycles. The number of rotatable bonds is 3. The number of hydrogen-bond acceptors (Lipinski definition) is 4. The molecule has 0 aliphatic carbocycles. The van der Waals surface area contributed by atoms with E-state index >= 15 is 0 Å². The number of aromatic nitrogens is 1. The summed E-state index contributed by atoms with van der Waals surface area (Å²) in [6.45, 7) is 6.50. The van der Waals surface area contributed by atoms with Crippen LogP contribution in [0.2, 0.25) is 0 Å². The van der Waals surface area contributed by atoms with Gasteiger partial charge in [-0.3, -0.25) is 4.79 Å². The van der Waals surface area contributed by atoms with Crippen LogP contribution in [0, 0.1) is 0 Å². The Morgan fingerprint density at radius 1 is 1.25 bits per heavy atom. The normalized spacial score (nSPS) is 13.0. The Morgan fingerprint density at radius 3 is 2.35 bits per heavy atom. The zero-order valence-corrected chi connectivity index (χ0v) is 13.0. The van der Waals surface area contributed by atoms with Crippen molar-refractivity contribution in [2.24, 2.45) is 0 Å². The van der Waals surface area contributed by atoms with Gasteiger partial charge in [-0.2, -0.15) is 0 Å². The van der Waals surface area contributed by atoms with E-state index in [1.165, 1.54) is 24.0 Å². The first-order valence-corrected chi connectivity index (χ1v) is 7.39. The highest BCUT2D eigenvalue weighted by molar-refractivity contribution is 7.09. The van der Waals surface area contributed by atoms with Gasteiger partial charge in [0, 0.05) is 11.6 Å². The Labute approximate surface area is 123 Å². The lowest BCUT2D eigenvalue weighted by Crippen LogP contribution is -2.16. The molecule has 0 N–H and O–H groups in total. The zero-order chi connectivity index (χ0) is 14.8. The van der Waals surface area contributed by atoms with E-state index in [1.807, 2.05) is 17.5 Å². The van der Waals surface area contributed by atoms with E-state index in [1.54, 1.807) is 6.20 Å². The standard InChI is InChI=1S/C16H19NO2S/c1-16(2,3)12-7-5-11(6-8-12)13(15(18)19-4)14-17-9-10-20-14/h5-10,13H,1-4H3. The minimum Gasteiger partial charge on any atom is -0.468 e. The van der Waals surface area contributed by atoms with Crippen LogP contribution in [-0.2, 0) is 14.9 Å². The highest BCUT2D eigenvalue weighted by Crippen LogP contribution is 2.30. The molecule has 1 unspecified atom stereocenters. The van der Waals surface area contributed by atoms with Crippen LogP contribution in [0.5, 0.6) is 0 Å². The van der Waals surface area contributed by atoms with Crippen molar-refractivity contribution in [2.75, 3.05) is 7.11 Å². The van der Waals surface area contributed by atoms with Gasteiger partial charge < -0.3 is 4.74 Å². The molecule has 0 spiro atoms. The summed E-state index contributed by atoms with van der Waals surface area (Å²) in [5.74, 6) is -0.711. The van der Waals surface area contributed by atoms with Crippen molar-refractivity contribution >= 4 is 17.3 Å². The maximum absolute atomic E-state index is 12.0. The molecule has 2 rings (SSSR count). The Morgan fingerprint density at radius 2 is 1.90 bits per heavy atom. The number of esters is 1. The number of carbonyl (C=O) groups excluding carboxylic acids is 1. The maximum Gasteiger partial charge on any atom is 0.320 e. The van der Waals surface area contributed by atoms with Gasteiger partial charge in [-0.1, -0.05) is 45.0 Å². The first-order chi connectivity index (χ1) is 9.43. The highest BCUT2D eigenvalue weighted by Gasteiger charge is 2.26. The van der Waals surface area contributed by atoms with Crippen molar-refractivity contribution in [2.45, 2.75) is 32.1 Å². The summed E-state index contributed by atoms with van der Waals surface area (Å²) in [5.41, 5.74) is 2.25. The van der Waals surface area contributed by atoms with Crippen molar-refractivity contribution in [3.05, 3.63) is 52.0 Å². The van der Waals surface area contributed by atoms with E-state index in [0.717, 1.165) is 10.6 Å². The largest absolute Gasteiger partial charge is 0.468 e. The molecule has 0 saturated heterocycles. The minimum atomic E-state index is -0.436. The maximum atomic E-state index is 12.0. The Kier molecular flexibility index (Phi) is 4.23. The fourth-order valence-electron chi connectivity index (χ4n) is 2.05. The van der Waals surface area contributed by atoms with Gasteiger partial charge in [0.15, 0.2) is 0 Å². The van der Waals surface area contributed by atoms with E-state index in [4.69, 9.17) is 4.74 Å². The van der Waals surface area contributed by atoms with Gasteiger partial charge in [0.25, 0.3) is 0 Å². The fraction of sp³-hybridized carbons (Fsp3) is 0.375. The third-order valence-electron chi connectivity index (χ3n) is 3.25. The number of thiazole rings is 1. The van der Waals surface area contributed by atoms with E-state index in [0.29, 0.717) is 0 Å². The fourth-order valence-corrected chi connectivity index (χ4v) is 2.80. The van der Waals surface area contributed by atoms with E-state index < -0.39 is 5.92 Å². The lowest BCUT2D eigenvalue weighted by atomic mass is 9.85. The summed E-state index contributed by atoms with van der Waals surface area (Å²) in [6.07, 6.45) is 1.71. The van der Waals surface area contributed by atoms with Gasteiger partial charge in [0.05, 0.1) is 7.11 Å². The Hall–Kier alpha value is -1.68. The number of hydrogen-bond donors (Lipinski definition) is 0. The van der Waals surface area contributed by atoms with Crippen LogP contribution in [0.15, 0.2) is 35.8 Å². The topological polar surface area (TPSA) is 39.2 Å². The lowest BCUT2D eigenvalue weighted by Gasteiger charge is -2.20. The average molecular weight is 289 g/mol. The molecule has 1 aromatic heterocycles. The van der Waals surface area contributed by atoms with Gasteiger partial charge in [-0.05, 0) is 16.5 Å². The average Bonchev–Trinajstić information content (AvgIpc) is 2.92. The van der Waals surface area contributed by atoms with E-state index in [2.05, 4.69) is 37.9 Å². The SMILES string of the molecule is COC(=O)C(c1ccc(C(C)(C)C)cc1)c1nccs1. The number of nitrogens with zero attached hydrogens (tertiary/aromatic N) is 1. The summed E-state index contributed by atoms with van der Waals surface area (Å²) in [7, 11) is 1.41. The minimum absolute atomic E-state index is 0.0977. The smallest absolute Gasteiger partial charge is 0.320 e. The predicted molar refractivity (Wildman–Crippen MR) is 81.1 cm³/mol. The molecule has 0 fully saturated rings. The zero-order valence-electron chi connectivity index (χ0n) is 12.2. The first-order valence-electron chi connectivity index (χ1n) is 6.51. The molecule has 0 aliphatic heterocycles. The van der Waals surface area contributed by atoms with Crippen molar-refractivity contribution in [1.82, 2.24) is 4.98 Å². The van der Waals surface area contributed by atoms with Crippen molar-refractivity contribution in [3.63, 3.8) is 0 Å². The van der Waals surface area contributed by atoms with Crippen molar-refractivity contribution in [3.8, 4) is 0 Å². The van der Waals surface area contributed by atoms with Gasteiger partial charge >= 0.3 is 5.97 Å². The van der Waals surface area contributed by atoms with Crippen LogP contribution in [0.25, 0.3) is 0 Å². The predicted octanol–water partition coefficient (Wildman–Crippen LogP) is 3.75. The monoisotopic (exact) mass is 289 g/mol. The molecule has 4 heteroatoms. The number of carbonyl (C=O) groups is 1. The molecule has 2 aromatic rings. The molecular formula is C16H19NO2S. The van der Waals surface area contributed by atoms with Gasteiger partial charge in [0.2, 0.25) is 0 Å². The third kappa shape index (κ3) is 3.07. The summed E-state index contributed by atoms with van der Waals surface area (Å²) >= 11 is 1.47. The second-order valence-electron chi connectivity index (χ2n) is 5.70. The molecule has 0 amide bonds. The van der Waals surface area contributed by atoms with Crippen molar-refractivity contribution < 1.29 is 9.53 Å². The van der Waals surface area contributed by atoms with Crippen LogP contribution in [0.3, 0.4) is 0 Å². The number of ether oxygens (including phenoxy) is 1. The molecule has 0 radical (unpaired) electrons. The van der Waals surface area contributed by atoms with Gasteiger partial charge in [-0.15, -0.1) is 11.3 Å². The highest BCUT2D eigenvalue weighted by atomic mass is 32.1. The number of methoxy groups -OCH3 is 1. The second kappa shape index (κ2) is 5.75. The van der Waals surface area contributed by atoms with Crippen LogP contribution in [0.1, 0.15) is 42.8 Å². The molecule has 20 heavy (non-hydrogen) atoms. The molecule has 1 atom stereocenters. The summed E-state index contributed by atoms with van der Waals surface area (Å²) in [4.78, 5) is 16.3. The summed E-state index contributed by atoms with van der Waals surface area (Å²) in [5, 5.41) is 2.63. The molecule has 0 bridgehead atoms. The summed E-state index contributed by atoms with van der Waals surface area (Å²) < 4.78 is 4.92. The van der Waals surface area contributed by atoms with E-state index in [-0.39, 0.29) is 11.4 Å². The Bertz CT molecular complexity index is 568. The van der Waals surface area contributed by atoms with Gasteiger partial charge in [0.1, 0.15) is 10.9 Å². The quantitative estimate of drug-likeness (QED) is 0.808. The van der Waals surface area contributed by atoms with Crippen molar-refractivity contribution in [1.29, 1.82) is 0 Å². The third-order valence-corrected chi connectivity index (χ3v) is 4.09. The van der Waals surface area contributed by atoms with Gasteiger partial charge in [-0.25, -0.2) is 4.98 Å². The molecular weight excluding hydrogens is 270 g/mol. The van der Waals surface area contributed by atoms with E-state index in [9.17, 15) is 4.79 Å². The molecule has 0 saturated carbocycles. The Balaban J connectivity index is 2.38. The lowest BCUT2D eigenvalue weighted by molar-refractivity contribution is -0.141.